The Kier molecular flexibility index (Phi) is 5.04. The maximum Gasteiger partial charge on any atom is 0.262 e. The number of hydrazone groups is 1. The first-order chi connectivity index (χ1) is 12.1. The van der Waals surface area contributed by atoms with E-state index in [1.54, 1.807) is 19.1 Å². The number of carbonyl (C=O) groups excluding carboxylic acids is 1. The van der Waals surface area contributed by atoms with Gasteiger partial charge in [0.2, 0.25) is 0 Å². The quantitative estimate of drug-likeness (QED) is 0.548. The zero-order chi connectivity index (χ0) is 17.6. The molecule has 4 nitrogen and oxygen atoms in total. The van der Waals surface area contributed by atoms with Crippen LogP contribution in [0.1, 0.15) is 12.5 Å². The molecule has 0 saturated carbocycles. The molecule has 0 heterocycles. The van der Waals surface area contributed by atoms with E-state index in [0.717, 1.165) is 16.5 Å². The van der Waals surface area contributed by atoms with Crippen molar-refractivity contribution in [1.82, 2.24) is 5.43 Å². The molecule has 0 aliphatic heterocycles. The van der Waals surface area contributed by atoms with Crippen LogP contribution in [0.3, 0.4) is 0 Å². The number of halogens is 1. The molecule has 0 fully saturated rings. The van der Waals surface area contributed by atoms with E-state index < -0.39 is 6.04 Å². The van der Waals surface area contributed by atoms with Gasteiger partial charge in [-0.2, -0.15) is 5.10 Å². The zero-order valence-corrected chi connectivity index (χ0v) is 13.7. The molecule has 0 bridgehead atoms. The highest BCUT2D eigenvalue weighted by atomic mass is 19.1. The van der Waals surface area contributed by atoms with Gasteiger partial charge in [0.25, 0.3) is 5.91 Å². The Morgan fingerprint density at radius 3 is 2.56 bits per heavy atom. The highest BCUT2D eigenvalue weighted by Gasteiger charge is 2.12. The van der Waals surface area contributed by atoms with Crippen LogP contribution in [-0.4, -0.2) is 18.2 Å². The molecule has 0 unspecified atom stereocenters. The number of hydrogen-bond acceptors (Lipinski definition) is 3. The first-order valence-electron chi connectivity index (χ1n) is 7.96. The summed E-state index contributed by atoms with van der Waals surface area (Å²) in [5, 5.41) is 9.28. The molecule has 0 spiro atoms. The number of amides is 1. The molecule has 3 aromatic carbocycles. The van der Waals surface area contributed by atoms with Gasteiger partial charge < -0.3 is 5.32 Å². The van der Waals surface area contributed by atoms with Gasteiger partial charge >= 0.3 is 0 Å². The van der Waals surface area contributed by atoms with Crippen molar-refractivity contribution in [2.75, 3.05) is 5.32 Å². The second-order valence-electron chi connectivity index (χ2n) is 5.68. The Morgan fingerprint density at radius 2 is 1.76 bits per heavy atom. The smallest absolute Gasteiger partial charge is 0.262 e. The van der Waals surface area contributed by atoms with Gasteiger partial charge in [0.15, 0.2) is 0 Å². The monoisotopic (exact) mass is 335 g/mol. The van der Waals surface area contributed by atoms with Gasteiger partial charge in [-0.3, -0.25) is 4.79 Å². The summed E-state index contributed by atoms with van der Waals surface area (Å²) in [4.78, 5) is 12.2. The van der Waals surface area contributed by atoms with E-state index in [2.05, 4.69) is 15.8 Å². The van der Waals surface area contributed by atoms with Crippen LogP contribution in [0.4, 0.5) is 10.1 Å². The van der Waals surface area contributed by atoms with Crippen LogP contribution in [0.5, 0.6) is 0 Å². The Labute approximate surface area is 145 Å². The van der Waals surface area contributed by atoms with Gasteiger partial charge in [0.05, 0.1) is 6.21 Å². The minimum absolute atomic E-state index is 0.258. The molecule has 3 aromatic rings. The summed E-state index contributed by atoms with van der Waals surface area (Å²) in [6.45, 7) is 1.77. The van der Waals surface area contributed by atoms with Crippen molar-refractivity contribution < 1.29 is 9.18 Å². The maximum absolute atomic E-state index is 12.8. The second kappa shape index (κ2) is 7.57. The molecule has 0 radical (unpaired) electrons. The van der Waals surface area contributed by atoms with Crippen molar-refractivity contribution >= 4 is 28.6 Å². The summed E-state index contributed by atoms with van der Waals surface area (Å²) >= 11 is 0. The third-order valence-corrected chi connectivity index (χ3v) is 3.81. The largest absolute Gasteiger partial charge is 0.373 e. The maximum atomic E-state index is 12.8. The third kappa shape index (κ3) is 4.20. The van der Waals surface area contributed by atoms with Crippen LogP contribution in [0.2, 0.25) is 0 Å². The molecule has 25 heavy (non-hydrogen) atoms. The molecule has 0 aliphatic carbocycles. The molecule has 0 aliphatic rings. The lowest BCUT2D eigenvalue weighted by molar-refractivity contribution is -0.121. The van der Waals surface area contributed by atoms with Crippen LogP contribution in [0, 0.1) is 5.82 Å². The number of rotatable bonds is 5. The molecule has 0 aromatic heterocycles. The number of benzene rings is 3. The van der Waals surface area contributed by atoms with Crippen molar-refractivity contribution in [3.63, 3.8) is 0 Å². The van der Waals surface area contributed by atoms with Crippen molar-refractivity contribution in [1.29, 1.82) is 0 Å². The van der Waals surface area contributed by atoms with Gasteiger partial charge in [-0.25, -0.2) is 9.82 Å². The van der Waals surface area contributed by atoms with Gasteiger partial charge in [0.1, 0.15) is 11.9 Å². The van der Waals surface area contributed by atoms with Crippen LogP contribution < -0.4 is 10.7 Å². The van der Waals surface area contributed by atoms with Crippen LogP contribution >= 0.6 is 0 Å². The normalized spacial score (nSPS) is 12.2. The average Bonchev–Trinajstić information content (AvgIpc) is 2.63. The summed E-state index contributed by atoms with van der Waals surface area (Å²) in [6.07, 6.45) is 1.47. The van der Waals surface area contributed by atoms with Crippen molar-refractivity contribution in [3.8, 4) is 0 Å². The van der Waals surface area contributed by atoms with E-state index in [1.165, 1.54) is 18.3 Å². The number of nitrogens with one attached hydrogen (secondary N) is 2. The van der Waals surface area contributed by atoms with Crippen LogP contribution in [-0.2, 0) is 4.79 Å². The van der Waals surface area contributed by atoms with Crippen molar-refractivity contribution in [2.45, 2.75) is 13.0 Å². The average molecular weight is 335 g/mol. The Balaban J connectivity index is 1.63. The highest BCUT2D eigenvalue weighted by molar-refractivity contribution is 5.96. The van der Waals surface area contributed by atoms with Crippen LogP contribution in [0.25, 0.3) is 10.8 Å². The van der Waals surface area contributed by atoms with Crippen LogP contribution in [0.15, 0.2) is 71.8 Å². The summed E-state index contributed by atoms with van der Waals surface area (Å²) in [7, 11) is 0. The minimum Gasteiger partial charge on any atom is -0.373 e. The molecule has 1 atom stereocenters. The second-order valence-corrected chi connectivity index (χ2v) is 5.68. The number of hydrogen-bond donors (Lipinski definition) is 2. The van der Waals surface area contributed by atoms with E-state index in [-0.39, 0.29) is 11.7 Å². The molecule has 126 valence electrons. The fourth-order valence-electron chi connectivity index (χ4n) is 2.47. The number of nitrogens with zero attached hydrogens (tertiary/aromatic N) is 1. The van der Waals surface area contributed by atoms with E-state index in [9.17, 15) is 9.18 Å². The highest BCUT2D eigenvalue weighted by Crippen LogP contribution is 2.23. The molecule has 3 rings (SSSR count). The lowest BCUT2D eigenvalue weighted by Crippen LogP contribution is -2.34. The summed E-state index contributed by atoms with van der Waals surface area (Å²) in [6, 6.07) is 19.3. The van der Waals surface area contributed by atoms with Crippen molar-refractivity contribution in [2.24, 2.45) is 5.10 Å². The third-order valence-electron chi connectivity index (χ3n) is 3.81. The zero-order valence-electron chi connectivity index (χ0n) is 13.7. The molecule has 5 heteroatoms. The van der Waals surface area contributed by atoms with E-state index in [4.69, 9.17) is 0 Å². The van der Waals surface area contributed by atoms with Gasteiger partial charge in [-0.15, -0.1) is 0 Å². The minimum atomic E-state index is -0.462. The van der Waals surface area contributed by atoms with E-state index >= 15 is 0 Å². The Hall–Kier alpha value is -3.21. The van der Waals surface area contributed by atoms with E-state index in [1.807, 2.05) is 42.5 Å². The van der Waals surface area contributed by atoms with Gasteiger partial charge in [-0.1, -0.05) is 48.5 Å². The SMILES string of the molecule is C[C@@H](Nc1cccc2ccccc12)C(=O)N/N=C\c1ccc(F)cc1. The molecule has 2 N–H and O–H groups in total. The topological polar surface area (TPSA) is 53.5 Å². The van der Waals surface area contributed by atoms with Crippen molar-refractivity contribution in [3.05, 3.63) is 78.1 Å². The summed E-state index contributed by atoms with van der Waals surface area (Å²) in [5.41, 5.74) is 4.08. The molecular weight excluding hydrogens is 317 g/mol. The Morgan fingerprint density at radius 1 is 1.04 bits per heavy atom. The predicted molar refractivity (Wildman–Crippen MR) is 99.2 cm³/mol. The number of fused-ring (bicyclic) bond motifs is 1. The van der Waals surface area contributed by atoms with Gasteiger partial charge in [-0.05, 0) is 36.1 Å². The predicted octanol–water partition coefficient (Wildman–Crippen LogP) is 3.93. The molecular formula is C20H18FN3O. The first kappa shape index (κ1) is 16.6. The van der Waals surface area contributed by atoms with E-state index in [0.29, 0.717) is 5.56 Å². The molecule has 0 saturated heterocycles. The molecule has 1 amide bonds. The number of carbonyl (C=O) groups is 1. The fraction of sp³-hybridized carbons (Fsp3) is 0.100. The lowest BCUT2D eigenvalue weighted by atomic mass is 10.1. The summed E-state index contributed by atoms with van der Waals surface area (Å²) in [5.74, 6) is -0.569. The first-order valence-corrected chi connectivity index (χ1v) is 7.96. The fourth-order valence-corrected chi connectivity index (χ4v) is 2.47. The standard InChI is InChI=1S/C20H18FN3O/c1-14(20(25)24-22-13-15-9-11-17(21)12-10-15)23-19-8-4-6-16-5-2-3-7-18(16)19/h2-14,23H,1H3,(H,24,25)/b22-13-/t14-/m1/s1. The number of anilines is 1. The summed E-state index contributed by atoms with van der Waals surface area (Å²) < 4.78 is 12.8. The van der Waals surface area contributed by atoms with Gasteiger partial charge in [0, 0.05) is 11.1 Å². The lowest BCUT2D eigenvalue weighted by Gasteiger charge is -2.15. The Bertz CT molecular complexity index is 901.